The third kappa shape index (κ3) is 2.52. The van der Waals surface area contributed by atoms with Crippen LogP contribution in [0.5, 0.6) is 0 Å². The van der Waals surface area contributed by atoms with Gasteiger partial charge in [-0.25, -0.2) is 10.8 Å². The molecule has 1 rings (SSSR count). The summed E-state index contributed by atoms with van der Waals surface area (Å²) in [5.74, 6) is 5.03. The van der Waals surface area contributed by atoms with E-state index in [9.17, 15) is 0 Å². The van der Waals surface area contributed by atoms with Crippen LogP contribution in [-0.2, 0) is 6.37 Å². The van der Waals surface area contributed by atoms with Crippen LogP contribution < -0.4 is 10.9 Å². The minimum atomic E-state index is -2.92. The van der Waals surface area contributed by atoms with Gasteiger partial charge in [0, 0.05) is 19.3 Å². The first-order valence-corrected chi connectivity index (χ1v) is 4.30. The fourth-order valence-corrected chi connectivity index (χ4v) is 0.898. The van der Waals surface area contributed by atoms with Gasteiger partial charge in [0.1, 0.15) is 5.82 Å². The summed E-state index contributed by atoms with van der Waals surface area (Å²) in [5, 5.41) is 0.830. The highest BCUT2D eigenvalue weighted by Crippen LogP contribution is 2.10. The molecule has 0 unspecified atom stereocenters. The molecular formula is C8H14ClN5. The lowest BCUT2D eigenvalue weighted by Gasteiger charge is -2.20. The third-order valence-electron chi connectivity index (χ3n) is 1.50. The van der Waals surface area contributed by atoms with E-state index in [1.54, 1.807) is 13.8 Å². The number of hydrazine groups is 1. The Morgan fingerprint density at radius 3 is 2.86 bits per heavy atom. The smallest absolute Gasteiger partial charge is 0.244 e. The van der Waals surface area contributed by atoms with Crippen molar-refractivity contribution < 1.29 is 6.85 Å². The lowest BCUT2D eigenvalue weighted by molar-refractivity contribution is 0.678. The molecule has 0 bridgehead atoms. The van der Waals surface area contributed by atoms with Crippen molar-refractivity contribution in [1.29, 1.82) is 0 Å². The fraction of sp³-hybridized carbons (Fsp3) is 0.625. The maximum Gasteiger partial charge on any atom is 0.244 e. The zero-order valence-electron chi connectivity index (χ0n) is 12.8. The molecule has 2 N–H and O–H groups in total. The number of anilines is 1. The van der Waals surface area contributed by atoms with Gasteiger partial charge in [0.15, 0.2) is 0 Å². The van der Waals surface area contributed by atoms with Crippen molar-refractivity contribution >= 4 is 17.5 Å². The van der Waals surface area contributed by atoms with E-state index in [0.29, 0.717) is 0 Å². The lowest BCUT2D eigenvalue weighted by Crippen LogP contribution is -2.39. The van der Waals surface area contributed by atoms with Gasteiger partial charge >= 0.3 is 0 Å². The predicted octanol–water partition coefficient (Wildman–Crippen LogP) is 1.18. The molecule has 78 valence electrons. The van der Waals surface area contributed by atoms with Crippen molar-refractivity contribution in [2.75, 3.05) is 5.01 Å². The number of aryl methyl sites for hydroxylation is 1. The maximum atomic E-state index is 7.59. The Balaban J connectivity index is 3.32. The van der Waals surface area contributed by atoms with E-state index in [4.69, 9.17) is 24.3 Å². The summed E-state index contributed by atoms with van der Waals surface area (Å²) in [6, 6.07) is -0.176. The number of hydrogen-bond donors (Lipinski definition) is 1. The van der Waals surface area contributed by atoms with Gasteiger partial charge in [0.05, 0.1) is 0 Å². The van der Waals surface area contributed by atoms with Crippen LogP contribution >= 0.6 is 11.6 Å². The minimum absolute atomic E-state index is 0.0851. The van der Waals surface area contributed by atoms with Crippen molar-refractivity contribution in [3.05, 3.63) is 11.1 Å². The quantitative estimate of drug-likeness (QED) is 0.612. The third-order valence-corrected chi connectivity index (χ3v) is 1.66. The van der Waals surface area contributed by atoms with E-state index in [1.165, 1.54) is 0 Å². The fourth-order valence-electron chi connectivity index (χ4n) is 0.742. The highest BCUT2D eigenvalue weighted by Gasteiger charge is 2.11. The lowest BCUT2D eigenvalue weighted by atomic mass is 10.4. The van der Waals surface area contributed by atoms with Crippen LogP contribution in [0.1, 0.15) is 33.4 Å². The molecular weight excluding hydrogens is 202 g/mol. The van der Waals surface area contributed by atoms with Crippen LogP contribution in [0.4, 0.5) is 5.95 Å². The molecule has 0 fully saturated rings. The molecule has 1 aromatic heterocycles. The molecule has 0 radical (unpaired) electrons. The van der Waals surface area contributed by atoms with E-state index >= 15 is 0 Å². The van der Waals surface area contributed by atoms with Gasteiger partial charge in [-0.3, -0.25) is 5.01 Å². The van der Waals surface area contributed by atoms with Crippen molar-refractivity contribution in [2.24, 2.45) is 5.84 Å². The molecule has 0 aliphatic rings. The number of hydrogen-bond acceptors (Lipinski definition) is 5. The molecule has 0 aromatic carbocycles. The van der Waals surface area contributed by atoms with Crippen LogP contribution in [0, 0.1) is 0 Å². The average molecular weight is 221 g/mol. The Bertz CT molecular complexity index is 463. The Morgan fingerprint density at radius 2 is 2.29 bits per heavy atom. The van der Waals surface area contributed by atoms with Crippen LogP contribution in [0.3, 0.4) is 0 Å². The van der Waals surface area contributed by atoms with Gasteiger partial charge in [-0.15, -0.1) is 0 Å². The van der Waals surface area contributed by atoms with E-state index in [1.807, 2.05) is 0 Å². The molecule has 0 amide bonds. The van der Waals surface area contributed by atoms with E-state index < -0.39 is 19.0 Å². The van der Waals surface area contributed by atoms with Gasteiger partial charge in [-0.05, 0) is 25.4 Å². The first-order valence-electron chi connectivity index (χ1n) is 6.43. The second kappa shape index (κ2) is 4.52. The largest absolute Gasteiger partial charge is 0.276 e. The van der Waals surface area contributed by atoms with Gasteiger partial charge in [-0.2, -0.15) is 9.97 Å². The number of aromatic nitrogens is 3. The monoisotopic (exact) mass is 220 g/mol. The topological polar surface area (TPSA) is 67.9 Å². The molecule has 1 aromatic rings. The van der Waals surface area contributed by atoms with Crippen molar-refractivity contribution in [3.8, 4) is 0 Å². The summed E-state index contributed by atoms with van der Waals surface area (Å²) in [6.45, 7) is 0.595. The maximum absolute atomic E-state index is 7.59. The summed E-state index contributed by atoms with van der Waals surface area (Å²) < 4.78 is 36.7. The summed E-state index contributed by atoms with van der Waals surface area (Å²) >= 11 is 5.66. The van der Waals surface area contributed by atoms with E-state index in [-0.39, 0.29) is 17.3 Å². The Hall–Kier alpha value is -0.940. The molecule has 0 aliphatic heterocycles. The molecule has 6 heteroatoms. The van der Waals surface area contributed by atoms with E-state index in [0.717, 1.165) is 5.01 Å². The molecule has 1 heterocycles. The number of nitrogens with zero attached hydrogens (tertiary/aromatic N) is 4. The van der Waals surface area contributed by atoms with Gasteiger partial charge in [0.25, 0.3) is 0 Å². The van der Waals surface area contributed by atoms with Gasteiger partial charge in [-0.1, -0.05) is 6.85 Å². The summed E-state index contributed by atoms with van der Waals surface area (Å²) in [5.41, 5.74) is 0. The number of halogens is 1. The average Bonchev–Trinajstić information content (AvgIpc) is 2.25. The molecule has 0 saturated heterocycles. The molecule has 0 aliphatic carbocycles. The number of rotatable bonds is 3. The molecule has 5 nitrogen and oxygen atoms in total. The Kier molecular flexibility index (Phi) is 1.88. The van der Waals surface area contributed by atoms with E-state index in [2.05, 4.69) is 15.0 Å². The second-order valence-electron chi connectivity index (χ2n) is 2.85. The highest BCUT2D eigenvalue weighted by molar-refractivity contribution is 6.28. The van der Waals surface area contributed by atoms with Gasteiger partial charge in [0.2, 0.25) is 11.2 Å². The first kappa shape index (κ1) is 5.82. The first-order chi connectivity index (χ1) is 8.46. The Morgan fingerprint density at radius 1 is 1.57 bits per heavy atom. The zero-order valence-corrected chi connectivity index (χ0v) is 8.58. The van der Waals surface area contributed by atoms with Crippen molar-refractivity contribution in [1.82, 2.24) is 15.0 Å². The molecule has 14 heavy (non-hydrogen) atoms. The molecule has 0 atom stereocenters. The van der Waals surface area contributed by atoms with Crippen LogP contribution in [0.2, 0.25) is 5.28 Å². The Labute approximate surface area is 95.3 Å². The zero-order chi connectivity index (χ0) is 15.0. The normalized spacial score (nSPS) is 17.9. The summed E-state index contributed by atoms with van der Waals surface area (Å²) in [4.78, 5) is 11.0. The molecule has 0 spiro atoms. The van der Waals surface area contributed by atoms with Gasteiger partial charge < -0.3 is 0 Å². The van der Waals surface area contributed by atoms with Crippen LogP contribution in [0.25, 0.3) is 0 Å². The van der Waals surface area contributed by atoms with Crippen LogP contribution in [0.15, 0.2) is 0 Å². The number of nitrogens with two attached hydrogens (primary N) is 1. The van der Waals surface area contributed by atoms with Crippen molar-refractivity contribution in [2.45, 2.75) is 33.1 Å². The molecule has 0 saturated carbocycles. The predicted molar refractivity (Wildman–Crippen MR) is 56.0 cm³/mol. The van der Waals surface area contributed by atoms with Crippen LogP contribution in [-0.4, -0.2) is 21.0 Å². The SMILES string of the molecule is [2H]C([2H])([2H])C([2H])([2H])c1nc(Cl)nc(N(N)C(C)C)n1. The van der Waals surface area contributed by atoms with Crippen molar-refractivity contribution in [3.63, 3.8) is 0 Å². The highest BCUT2D eigenvalue weighted by atomic mass is 35.5. The standard InChI is InChI=1S/C8H14ClN5/c1-4-6-11-7(9)13-8(12-6)14(10)5(2)3/h5H,4,10H2,1-3H3/i1D3,4D2. The minimum Gasteiger partial charge on any atom is -0.276 e. The summed E-state index contributed by atoms with van der Waals surface area (Å²) in [7, 11) is 0. The second-order valence-corrected chi connectivity index (χ2v) is 3.19. The summed E-state index contributed by atoms with van der Waals surface area (Å²) in [6.07, 6.45) is -2.74.